The van der Waals surface area contributed by atoms with Gasteiger partial charge in [0.25, 0.3) is 0 Å². The Morgan fingerprint density at radius 1 is 1.25 bits per heavy atom. The normalized spacial score (nSPS) is 20.1. The first-order valence-corrected chi connectivity index (χ1v) is 8.96. The molecule has 4 nitrogen and oxygen atoms in total. The summed E-state index contributed by atoms with van der Waals surface area (Å²) in [6.07, 6.45) is 4.58. The molecule has 1 aliphatic rings. The molecular weight excluding hydrogens is 368 g/mol. The molecule has 1 aromatic carbocycles. The van der Waals surface area contributed by atoms with Gasteiger partial charge in [-0.15, -0.1) is 0 Å². The standard InChI is InChI=1S/C19H21BrN2O2/c1-24-18-10-5-14(12-18)19(23)22(13-16-4-2-3-11-21-16)17-8-6-15(20)7-9-17/h2-4,6-9,11,14,18H,5,10,12-13H2,1H3. The van der Waals surface area contributed by atoms with E-state index in [1.54, 1.807) is 13.3 Å². The number of nitrogens with zero attached hydrogens (tertiary/aromatic N) is 2. The number of methoxy groups -OCH3 is 1. The summed E-state index contributed by atoms with van der Waals surface area (Å²) in [7, 11) is 1.72. The molecule has 1 saturated carbocycles. The number of rotatable bonds is 5. The average Bonchev–Trinajstić information content (AvgIpc) is 3.10. The molecule has 2 atom stereocenters. The van der Waals surface area contributed by atoms with Crippen molar-refractivity contribution in [3.63, 3.8) is 0 Å². The molecule has 0 saturated heterocycles. The summed E-state index contributed by atoms with van der Waals surface area (Å²) in [5, 5.41) is 0. The number of aromatic nitrogens is 1. The van der Waals surface area contributed by atoms with E-state index in [1.165, 1.54) is 0 Å². The van der Waals surface area contributed by atoms with Gasteiger partial charge in [0.2, 0.25) is 5.91 Å². The molecule has 0 aliphatic heterocycles. The number of benzene rings is 1. The van der Waals surface area contributed by atoms with Gasteiger partial charge in [-0.3, -0.25) is 9.78 Å². The summed E-state index contributed by atoms with van der Waals surface area (Å²) in [4.78, 5) is 19.3. The lowest BCUT2D eigenvalue weighted by atomic mass is 10.1. The SMILES string of the molecule is COC1CCC(C(=O)N(Cc2ccccn2)c2ccc(Br)cc2)C1. The topological polar surface area (TPSA) is 42.4 Å². The zero-order valence-corrected chi connectivity index (χ0v) is 15.3. The van der Waals surface area contributed by atoms with E-state index in [1.807, 2.05) is 47.4 Å². The number of carbonyl (C=O) groups is 1. The fraction of sp³-hybridized carbons (Fsp3) is 0.368. The van der Waals surface area contributed by atoms with Crippen molar-refractivity contribution in [3.05, 3.63) is 58.8 Å². The molecule has 1 aromatic heterocycles. The molecule has 3 rings (SSSR count). The van der Waals surface area contributed by atoms with E-state index in [9.17, 15) is 4.79 Å². The van der Waals surface area contributed by atoms with Crippen molar-refractivity contribution in [3.8, 4) is 0 Å². The molecule has 0 N–H and O–H groups in total. The van der Waals surface area contributed by atoms with Gasteiger partial charge in [0.1, 0.15) is 0 Å². The molecule has 126 valence electrons. The van der Waals surface area contributed by atoms with Crippen LogP contribution in [0.25, 0.3) is 0 Å². The van der Waals surface area contributed by atoms with Gasteiger partial charge in [-0.05, 0) is 55.7 Å². The van der Waals surface area contributed by atoms with Crippen molar-refractivity contribution in [1.29, 1.82) is 0 Å². The highest BCUT2D eigenvalue weighted by Crippen LogP contribution is 2.31. The number of hydrogen-bond acceptors (Lipinski definition) is 3. The minimum atomic E-state index is 0.0160. The lowest BCUT2D eigenvalue weighted by molar-refractivity contribution is -0.122. The summed E-state index contributed by atoms with van der Waals surface area (Å²) in [6.45, 7) is 0.482. The van der Waals surface area contributed by atoms with Crippen LogP contribution in [0, 0.1) is 5.92 Å². The van der Waals surface area contributed by atoms with E-state index < -0.39 is 0 Å². The third kappa shape index (κ3) is 4.02. The zero-order chi connectivity index (χ0) is 16.9. The van der Waals surface area contributed by atoms with Gasteiger partial charge in [0, 0.05) is 29.4 Å². The molecule has 1 heterocycles. The quantitative estimate of drug-likeness (QED) is 0.770. The summed E-state index contributed by atoms with van der Waals surface area (Å²) in [5.74, 6) is 0.171. The van der Waals surface area contributed by atoms with Crippen molar-refractivity contribution < 1.29 is 9.53 Å². The molecular formula is C19H21BrN2O2. The summed E-state index contributed by atoms with van der Waals surface area (Å²) in [5.41, 5.74) is 1.78. The second kappa shape index (κ2) is 7.90. The van der Waals surface area contributed by atoms with Gasteiger partial charge < -0.3 is 9.64 Å². The van der Waals surface area contributed by atoms with Crippen LogP contribution in [-0.4, -0.2) is 24.1 Å². The maximum Gasteiger partial charge on any atom is 0.230 e. The smallest absolute Gasteiger partial charge is 0.230 e. The minimum absolute atomic E-state index is 0.0160. The van der Waals surface area contributed by atoms with Crippen molar-refractivity contribution >= 4 is 27.5 Å². The number of halogens is 1. The third-order valence-electron chi connectivity index (χ3n) is 4.52. The average molecular weight is 389 g/mol. The van der Waals surface area contributed by atoms with Crippen molar-refractivity contribution in [2.75, 3.05) is 12.0 Å². The van der Waals surface area contributed by atoms with E-state index in [0.29, 0.717) is 6.54 Å². The van der Waals surface area contributed by atoms with Crippen LogP contribution in [0.1, 0.15) is 25.0 Å². The Labute approximate surface area is 151 Å². The van der Waals surface area contributed by atoms with E-state index in [0.717, 1.165) is 35.1 Å². The van der Waals surface area contributed by atoms with Gasteiger partial charge in [-0.25, -0.2) is 0 Å². The van der Waals surface area contributed by atoms with Crippen molar-refractivity contribution in [2.45, 2.75) is 31.9 Å². The highest BCUT2D eigenvalue weighted by molar-refractivity contribution is 9.10. The van der Waals surface area contributed by atoms with Crippen LogP contribution >= 0.6 is 15.9 Å². The Kier molecular flexibility index (Phi) is 5.63. The van der Waals surface area contributed by atoms with Crippen LogP contribution in [0.15, 0.2) is 53.1 Å². The van der Waals surface area contributed by atoms with Crippen LogP contribution in [0.5, 0.6) is 0 Å². The predicted molar refractivity (Wildman–Crippen MR) is 97.7 cm³/mol. The number of hydrogen-bond donors (Lipinski definition) is 0. The van der Waals surface area contributed by atoms with Crippen LogP contribution in [-0.2, 0) is 16.1 Å². The van der Waals surface area contributed by atoms with E-state index in [-0.39, 0.29) is 17.9 Å². The minimum Gasteiger partial charge on any atom is -0.381 e. The molecule has 0 bridgehead atoms. The Morgan fingerprint density at radius 2 is 2.04 bits per heavy atom. The monoisotopic (exact) mass is 388 g/mol. The van der Waals surface area contributed by atoms with Gasteiger partial charge in [0.05, 0.1) is 18.3 Å². The van der Waals surface area contributed by atoms with Crippen LogP contribution in [0.4, 0.5) is 5.69 Å². The summed E-state index contributed by atoms with van der Waals surface area (Å²) < 4.78 is 6.42. The van der Waals surface area contributed by atoms with Gasteiger partial charge in [0.15, 0.2) is 0 Å². The fourth-order valence-electron chi connectivity index (χ4n) is 3.17. The molecule has 24 heavy (non-hydrogen) atoms. The Hall–Kier alpha value is -1.72. The molecule has 2 unspecified atom stereocenters. The molecule has 1 amide bonds. The lowest BCUT2D eigenvalue weighted by Crippen LogP contribution is -2.35. The molecule has 1 fully saturated rings. The highest BCUT2D eigenvalue weighted by atomic mass is 79.9. The number of carbonyl (C=O) groups excluding carboxylic acids is 1. The lowest BCUT2D eigenvalue weighted by Gasteiger charge is -2.26. The maximum absolute atomic E-state index is 13.1. The van der Waals surface area contributed by atoms with E-state index in [4.69, 9.17) is 4.74 Å². The molecule has 0 spiro atoms. The van der Waals surface area contributed by atoms with Gasteiger partial charge >= 0.3 is 0 Å². The second-order valence-electron chi connectivity index (χ2n) is 6.09. The highest BCUT2D eigenvalue weighted by Gasteiger charge is 2.33. The zero-order valence-electron chi connectivity index (χ0n) is 13.7. The van der Waals surface area contributed by atoms with E-state index in [2.05, 4.69) is 20.9 Å². The Bertz CT molecular complexity index is 676. The second-order valence-corrected chi connectivity index (χ2v) is 7.01. The predicted octanol–water partition coefficient (Wildman–Crippen LogP) is 4.19. The first kappa shape index (κ1) is 17.1. The number of pyridine rings is 1. The summed E-state index contributed by atoms with van der Waals surface area (Å²) in [6, 6.07) is 13.6. The first-order chi connectivity index (χ1) is 11.7. The van der Waals surface area contributed by atoms with E-state index >= 15 is 0 Å². The fourth-order valence-corrected chi connectivity index (χ4v) is 3.43. The largest absolute Gasteiger partial charge is 0.381 e. The molecule has 5 heteroatoms. The number of ether oxygens (including phenoxy) is 1. The Morgan fingerprint density at radius 3 is 2.67 bits per heavy atom. The number of anilines is 1. The van der Waals surface area contributed by atoms with Crippen LogP contribution in [0.2, 0.25) is 0 Å². The third-order valence-corrected chi connectivity index (χ3v) is 5.05. The maximum atomic E-state index is 13.1. The number of amides is 1. The Balaban J connectivity index is 1.84. The molecule has 1 aliphatic carbocycles. The first-order valence-electron chi connectivity index (χ1n) is 8.17. The van der Waals surface area contributed by atoms with Crippen LogP contribution in [0.3, 0.4) is 0 Å². The van der Waals surface area contributed by atoms with Gasteiger partial charge in [-0.1, -0.05) is 22.0 Å². The molecule has 2 aromatic rings. The molecule has 0 radical (unpaired) electrons. The summed E-state index contributed by atoms with van der Waals surface area (Å²) >= 11 is 3.45. The van der Waals surface area contributed by atoms with Gasteiger partial charge in [-0.2, -0.15) is 0 Å². The van der Waals surface area contributed by atoms with Crippen LogP contribution < -0.4 is 4.90 Å². The van der Waals surface area contributed by atoms with Crippen molar-refractivity contribution in [1.82, 2.24) is 4.98 Å². The van der Waals surface area contributed by atoms with Crippen molar-refractivity contribution in [2.24, 2.45) is 5.92 Å².